The fourth-order valence-electron chi connectivity index (χ4n) is 3.19. The minimum atomic E-state index is -3.97. The molecule has 1 unspecified atom stereocenters. The first-order valence-corrected chi connectivity index (χ1v) is 8.96. The zero-order chi connectivity index (χ0) is 17.7. The Morgan fingerprint density at radius 2 is 1.38 bits per heavy atom. The average Bonchev–Trinajstić information content (AvgIpc) is 2.85. The van der Waals surface area contributed by atoms with Gasteiger partial charge in [0.1, 0.15) is 10.6 Å². The fourth-order valence-corrected chi connectivity index (χ4v) is 4.62. The van der Waals surface area contributed by atoms with Gasteiger partial charge in [0.15, 0.2) is 5.60 Å². The van der Waals surface area contributed by atoms with E-state index in [2.05, 4.69) is 0 Å². The number of rotatable bonds is 2. The van der Waals surface area contributed by atoms with Crippen LogP contribution in [-0.2, 0) is 19.9 Å². The summed E-state index contributed by atoms with van der Waals surface area (Å²) < 4.78 is 30.9. The molecular weight excluding hydrogens is 363 g/mol. The van der Waals surface area contributed by atoms with Gasteiger partial charge in [-0.25, -0.2) is 4.18 Å². The molecule has 3 aromatic carbocycles. The van der Waals surface area contributed by atoms with Crippen LogP contribution in [0.25, 0.3) is 0 Å². The Balaban J connectivity index is 0.00000196. The van der Waals surface area contributed by atoms with Gasteiger partial charge in [-0.3, -0.25) is 0 Å². The second-order valence-electron chi connectivity index (χ2n) is 5.79. The molecule has 1 aliphatic heterocycles. The van der Waals surface area contributed by atoms with E-state index >= 15 is 0 Å². The number of fused-ring (bicyclic) bond motifs is 1. The predicted molar refractivity (Wildman–Crippen MR) is 88.6 cm³/mol. The number of phenols is 1. The van der Waals surface area contributed by atoms with E-state index in [4.69, 9.17) is 4.18 Å². The quantitative estimate of drug-likeness (QED) is 0.481. The van der Waals surface area contributed by atoms with Crippen molar-refractivity contribution in [3.63, 3.8) is 0 Å². The van der Waals surface area contributed by atoms with Crippen molar-refractivity contribution < 1.29 is 52.4 Å². The molecule has 0 radical (unpaired) electrons. The molecule has 26 heavy (non-hydrogen) atoms. The van der Waals surface area contributed by atoms with Crippen LogP contribution in [0.15, 0.2) is 77.7 Å². The number of phenolic OH excluding ortho intramolecular Hbond substituents is 1. The van der Waals surface area contributed by atoms with Crippen LogP contribution in [0, 0.1) is 0 Å². The van der Waals surface area contributed by atoms with Crippen molar-refractivity contribution in [3.05, 3.63) is 89.5 Å². The third kappa shape index (κ3) is 2.84. The van der Waals surface area contributed by atoms with Gasteiger partial charge in [0.05, 0.1) is 0 Å². The Bertz CT molecular complexity index is 999. The summed E-state index contributed by atoms with van der Waals surface area (Å²) in [4.78, 5) is 0.0919. The molecule has 0 aliphatic carbocycles. The van der Waals surface area contributed by atoms with Crippen molar-refractivity contribution >= 4 is 10.1 Å². The van der Waals surface area contributed by atoms with Gasteiger partial charge in [-0.15, -0.1) is 5.75 Å². The van der Waals surface area contributed by atoms with Crippen LogP contribution in [0.1, 0.15) is 16.7 Å². The molecule has 0 bridgehead atoms. The van der Waals surface area contributed by atoms with Crippen molar-refractivity contribution in [1.29, 1.82) is 0 Å². The summed E-state index contributed by atoms with van der Waals surface area (Å²) in [6.45, 7) is 0. The molecule has 0 spiro atoms. The second-order valence-corrected chi connectivity index (χ2v) is 7.30. The van der Waals surface area contributed by atoms with Crippen LogP contribution in [0.5, 0.6) is 11.5 Å². The molecule has 0 saturated carbocycles. The monoisotopic (exact) mass is 376 g/mol. The minimum absolute atomic E-state index is 0. The molecule has 5 nitrogen and oxygen atoms in total. The molecule has 0 aromatic heterocycles. The molecule has 0 amide bonds. The molecule has 4 rings (SSSR count). The van der Waals surface area contributed by atoms with Crippen molar-refractivity contribution in [3.8, 4) is 11.5 Å². The first kappa shape index (κ1) is 18.9. The third-order valence-electron chi connectivity index (χ3n) is 4.31. The maximum absolute atomic E-state index is 12.6. The van der Waals surface area contributed by atoms with Crippen molar-refractivity contribution in [1.82, 2.24) is 0 Å². The van der Waals surface area contributed by atoms with Crippen LogP contribution in [0.2, 0.25) is 0 Å². The molecule has 1 N–H and O–H groups in total. The van der Waals surface area contributed by atoms with Crippen LogP contribution < -0.4 is 34.7 Å². The van der Waals surface area contributed by atoms with Gasteiger partial charge < -0.3 is 10.2 Å². The summed E-state index contributed by atoms with van der Waals surface area (Å²) in [7, 11) is -3.97. The molecule has 7 heteroatoms. The summed E-state index contributed by atoms with van der Waals surface area (Å²) in [5, 5.41) is 21.1. The van der Waals surface area contributed by atoms with Crippen LogP contribution in [0.4, 0.5) is 0 Å². The van der Waals surface area contributed by atoms with E-state index in [-0.39, 0.29) is 46.0 Å². The van der Waals surface area contributed by atoms with E-state index in [1.54, 1.807) is 42.5 Å². The molecule has 0 fully saturated rings. The number of benzene rings is 3. The summed E-state index contributed by atoms with van der Waals surface area (Å²) in [5.41, 5.74) is 0.125. The van der Waals surface area contributed by atoms with Gasteiger partial charge in [0.25, 0.3) is 10.1 Å². The Hall–Kier alpha value is -1.83. The predicted octanol–water partition coefficient (Wildman–Crippen LogP) is -0.519. The van der Waals surface area contributed by atoms with Crippen LogP contribution in [0.3, 0.4) is 0 Å². The van der Waals surface area contributed by atoms with E-state index in [1.807, 2.05) is 0 Å². The van der Waals surface area contributed by atoms with Crippen LogP contribution >= 0.6 is 0 Å². The first-order chi connectivity index (χ1) is 11.9. The maximum Gasteiger partial charge on any atom is 1.00 e. The molecule has 1 aliphatic rings. The Morgan fingerprint density at radius 3 is 2.00 bits per heavy atom. The fraction of sp³-hybridized carbons (Fsp3) is 0.0526. The largest absolute Gasteiger partial charge is 1.00 e. The molecule has 0 saturated heterocycles. The second kappa shape index (κ2) is 6.72. The zero-order valence-electron chi connectivity index (χ0n) is 13.9. The summed E-state index contributed by atoms with van der Waals surface area (Å²) in [6.07, 6.45) is 0. The van der Waals surface area contributed by atoms with Gasteiger partial charge >= 0.3 is 29.6 Å². The minimum Gasteiger partial charge on any atom is -0.872 e. The van der Waals surface area contributed by atoms with E-state index in [9.17, 15) is 18.6 Å². The van der Waals surface area contributed by atoms with Crippen molar-refractivity contribution in [2.75, 3.05) is 0 Å². The smallest absolute Gasteiger partial charge is 0.872 e. The Kier molecular flexibility index (Phi) is 4.90. The SMILES string of the molecule is O=S1(=O)OC(c2ccc([O-])cc2)(c2ccc(O)cc2)c2ccccc21.[Na+]. The average molecular weight is 376 g/mol. The Labute approximate surface area is 173 Å². The molecular formula is C19H13NaO5S. The summed E-state index contributed by atoms with van der Waals surface area (Å²) in [6, 6.07) is 18.6. The van der Waals surface area contributed by atoms with Crippen molar-refractivity contribution in [2.45, 2.75) is 10.5 Å². The normalized spacial score (nSPS) is 20.2. The molecule has 126 valence electrons. The van der Waals surface area contributed by atoms with E-state index < -0.39 is 15.7 Å². The van der Waals surface area contributed by atoms with E-state index in [0.717, 1.165) is 0 Å². The first-order valence-electron chi connectivity index (χ1n) is 7.56. The Morgan fingerprint density at radius 1 is 0.846 bits per heavy atom. The van der Waals surface area contributed by atoms with Gasteiger partial charge in [-0.1, -0.05) is 54.6 Å². The number of hydrogen-bond acceptors (Lipinski definition) is 5. The van der Waals surface area contributed by atoms with Gasteiger partial charge in [0, 0.05) is 5.56 Å². The number of aromatic hydroxyl groups is 1. The zero-order valence-corrected chi connectivity index (χ0v) is 16.7. The van der Waals surface area contributed by atoms with E-state index in [0.29, 0.717) is 16.7 Å². The van der Waals surface area contributed by atoms with Gasteiger partial charge in [0.2, 0.25) is 0 Å². The van der Waals surface area contributed by atoms with Gasteiger partial charge in [-0.2, -0.15) is 8.42 Å². The summed E-state index contributed by atoms with van der Waals surface area (Å²) in [5.74, 6) is -0.123. The van der Waals surface area contributed by atoms with Gasteiger partial charge in [-0.05, 0) is 29.3 Å². The third-order valence-corrected chi connectivity index (χ3v) is 5.67. The van der Waals surface area contributed by atoms with E-state index in [1.165, 1.54) is 30.3 Å². The standard InChI is InChI=1S/C19H14O5S.Na/c20-15-9-5-13(6-10-15)19(14-7-11-16(21)12-8-14)17-3-1-2-4-18(17)25(22,23)24-19;/h1-12,20-21H;/q;+1/p-1. The summed E-state index contributed by atoms with van der Waals surface area (Å²) >= 11 is 0. The molecule has 1 heterocycles. The maximum atomic E-state index is 12.6. The number of hydrogen-bond donors (Lipinski definition) is 1. The van der Waals surface area contributed by atoms with Crippen molar-refractivity contribution in [2.24, 2.45) is 0 Å². The molecule has 3 aromatic rings. The topological polar surface area (TPSA) is 86.7 Å². The van der Waals surface area contributed by atoms with Crippen LogP contribution in [-0.4, -0.2) is 13.5 Å². The molecule has 1 atom stereocenters.